The van der Waals surface area contributed by atoms with Crippen LogP contribution in [0.2, 0.25) is 0 Å². The zero-order valence-electron chi connectivity index (χ0n) is 12.0. The molecule has 108 valence electrons. The molecule has 0 saturated heterocycles. The van der Waals surface area contributed by atoms with E-state index in [2.05, 4.69) is 20.3 Å². The van der Waals surface area contributed by atoms with Crippen molar-refractivity contribution in [1.29, 1.82) is 0 Å². The average Bonchev–Trinajstić information content (AvgIpc) is 3.04. The molecule has 0 radical (unpaired) electrons. The maximum Gasteiger partial charge on any atom is 0.354 e. The van der Waals surface area contributed by atoms with Crippen molar-refractivity contribution in [3.05, 3.63) is 35.4 Å². The molecule has 3 aromatic rings. The van der Waals surface area contributed by atoms with Crippen LogP contribution in [0.15, 0.2) is 18.6 Å². The van der Waals surface area contributed by atoms with Crippen molar-refractivity contribution in [2.24, 2.45) is 0 Å². The predicted molar refractivity (Wildman–Crippen MR) is 76.4 cm³/mol. The van der Waals surface area contributed by atoms with Crippen molar-refractivity contribution < 1.29 is 9.90 Å². The van der Waals surface area contributed by atoms with Gasteiger partial charge in [-0.1, -0.05) is 13.8 Å². The lowest BCUT2D eigenvalue weighted by Gasteiger charge is -2.08. The minimum Gasteiger partial charge on any atom is -0.477 e. The summed E-state index contributed by atoms with van der Waals surface area (Å²) in [5.74, 6) is -0.965. The summed E-state index contributed by atoms with van der Waals surface area (Å²) in [5, 5.41) is 20.2. The maximum atomic E-state index is 11.3. The topological polar surface area (TPSA) is 96.2 Å². The van der Waals surface area contributed by atoms with E-state index in [1.165, 1.54) is 6.33 Å². The van der Waals surface area contributed by atoms with Crippen molar-refractivity contribution in [3.8, 4) is 11.3 Å². The zero-order valence-corrected chi connectivity index (χ0v) is 12.0. The highest BCUT2D eigenvalue weighted by molar-refractivity contribution is 5.90. The van der Waals surface area contributed by atoms with E-state index in [0.717, 1.165) is 16.8 Å². The molecule has 0 aromatic carbocycles. The molecule has 21 heavy (non-hydrogen) atoms. The van der Waals surface area contributed by atoms with Crippen LogP contribution in [0.5, 0.6) is 0 Å². The Labute approximate surface area is 120 Å². The normalized spacial score (nSPS) is 11.4. The highest BCUT2D eigenvalue weighted by Crippen LogP contribution is 2.30. The molecule has 7 heteroatoms. The number of carbonyl (C=O) groups is 1. The third-order valence-corrected chi connectivity index (χ3v) is 3.43. The van der Waals surface area contributed by atoms with E-state index in [1.54, 1.807) is 4.52 Å². The van der Waals surface area contributed by atoms with E-state index in [9.17, 15) is 9.90 Å². The van der Waals surface area contributed by atoms with Gasteiger partial charge < -0.3 is 5.11 Å². The molecule has 2 N–H and O–H groups in total. The molecule has 0 bridgehead atoms. The van der Waals surface area contributed by atoms with Gasteiger partial charge in [-0.2, -0.15) is 10.2 Å². The SMILES string of the molecule is Cc1cc(-c2n[nH]c(C(=O)O)c2C(C)C)cn2ncnc12. The molecule has 0 amide bonds. The van der Waals surface area contributed by atoms with Crippen molar-refractivity contribution in [2.75, 3.05) is 0 Å². The second-order valence-corrected chi connectivity index (χ2v) is 5.26. The van der Waals surface area contributed by atoms with Crippen LogP contribution >= 0.6 is 0 Å². The van der Waals surface area contributed by atoms with Gasteiger partial charge in [-0.15, -0.1) is 0 Å². The lowest BCUT2D eigenvalue weighted by Crippen LogP contribution is -2.03. The fourth-order valence-electron chi connectivity index (χ4n) is 2.52. The standard InChI is InChI=1S/C14H15N5O2/c1-7(2)10-11(17-18-12(10)14(20)21)9-4-8(3)13-15-6-16-19(13)5-9/h4-7H,1-3H3,(H,17,18)(H,20,21). The van der Waals surface area contributed by atoms with Crippen LogP contribution in [0.1, 0.15) is 41.4 Å². The van der Waals surface area contributed by atoms with Gasteiger partial charge in [0.25, 0.3) is 0 Å². The number of aromatic carboxylic acids is 1. The Kier molecular flexibility index (Phi) is 2.97. The molecule has 0 spiro atoms. The Morgan fingerprint density at radius 2 is 2.19 bits per heavy atom. The van der Waals surface area contributed by atoms with Gasteiger partial charge >= 0.3 is 5.97 Å². The van der Waals surface area contributed by atoms with E-state index < -0.39 is 5.97 Å². The van der Waals surface area contributed by atoms with Gasteiger partial charge in [0.15, 0.2) is 5.65 Å². The minimum atomic E-state index is -1.00. The van der Waals surface area contributed by atoms with E-state index >= 15 is 0 Å². The number of hydrogen-bond donors (Lipinski definition) is 2. The van der Waals surface area contributed by atoms with Crippen LogP contribution in [-0.4, -0.2) is 35.9 Å². The molecule has 0 unspecified atom stereocenters. The van der Waals surface area contributed by atoms with E-state index in [1.807, 2.05) is 33.0 Å². The summed E-state index contributed by atoms with van der Waals surface area (Å²) in [4.78, 5) is 15.5. The monoisotopic (exact) mass is 285 g/mol. The second-order valence-electron chi connectivity index (χ2n) is 5.26. The van der Waals surface area contributed by atoms with E-state index in [0.29, 0.717) is 11.3 Å². The van der Waals surface area contributed by atoms with Crippen LogP contribution < -0.4 is 0 Å². The van der Waals surface area contributed by atoms with Crippen LogP contribution in [0.3, 0.4) is 0 Å². The van der Waals surface area contributed by atoms with Gasteiger partial charge in [-0.05, 0) is 24.5 Å². The number of aryl methyl sites for hydroxylation is 1. The molecule has 0 atom stereocenters. The third-order valence-electron chi connectivity index (χ3n) is 3.43. The molecule has 7 nitrogen and oxygen atoms in total. The second kappa shape index (κ2) is 4.69. The van der Waals surface area contributed by atoms with Crippen LogP contribution in [0.25, 0.3) is 16.9 Å². The first-order valence-electron chi connectivity index (χ1n) is 6.61. The highest BCUT2D eigenvalue weighted by atomic mass is 16.4. The van der Waals surface area contributed by atoms with Crippen LogP contribution in [-0.2, 0) is 0 Å². The molecule has 3 rings (SSSR count). The molecular formula is C14H15N5O2. The quantitative estimate of drug-likeness (QED) is 0.769. The van der Waals surface area contributed by atoms with Gasteiger partial charge in [-0.3, -0.25) is 5.10 Å². The number of hydrogen-bond acceptors (Lipinski definition) is 4. The van der Waals surface area contributed by atoms with Gasteiger partial charge in [0.2, 0.25) is 0 Å². The van der Waals surface area contributed by atoms with Crippen molar-refractivity contribution in [3.63, 3.8) is 0 Å². The first-order valence-corrected chi connectivity index (χ1v) is 6.61. The average molecular weight is 285 g/mol. The summed E-state index contributed by atoms with van der Waals surface area (Å²) < 4.78 is 1.67. The van der Waals surface area contributed by atoms with Gasteiger partial charge in [0, 0.05) is 17.3 Å². The minimum absolute atomic E-state index is 0.0385. The highest BCUT2D eigenvalue weighted by Gasteiger charge is 2.22. The van der Waals surface area contributed by atoms with E-state index in [-0.39, 0.29) is 11.6 Å². The summed E-state index contributed by atoms with van der Waals surface area (Å²) in [5.41, 5.74) is 4.02. The predicted octanol–water partition coefficient (Wildman–Crippen LogP) is 2.25. The molecule has 0 aliphatic rings. The fourth-order valence-corrected chi connectivity index (χ4v) is 2.52. The summed E-state index contributed by atoms with van der Waals surface area (Å²) in [6.45, 7) is 5.83. The summed E-state index contributed by atoms with van der Waals surface area (Å²) in [7, 11) is 0. The lowest BCUT2D eigenvalue weighted by atomic mass is 9.97. The molecule has 0 saturated carbocycles. The smallest absolute Gasteiger partial charge is 0.354 e. The van der Waals surface area contributed by atoms with Crippen LogP contribution in [0.4, 0.5) is 0 Å². The molecular weight excluding hydrogens is 270 g/mol. The molecule has 3 aromatic heterocycles. The summed E-state index contributed by atoms with van der Waals surface area (Å²) in [6, 6.07) is 1.94. The van der Waals surface area contributed by atoms with Crippen LogP contribution in [0, 0.1) is 6.92 Å². The number of rotatable bonds is 3. The number of carboxylic acid groups (broad SMARTS) is 1. The molecule has 3 heterocycles. The maximum absolute atomic E-state index is 11.3. The number of nitrogens with one attached hydrogen (secondary N) is 1. The van der Waals surface area contributed by atoms with Crippen molar-refractivity contribution in [1.82, 2.24) is 24.8 Å². The van der Waals surface area contributed by atoms with Gasteiger partial charge in [0.05, 0.1) is 5.69 Å². The number of H-pyrrole nitrogens is 1. The number of aromatic nitrogens is 5. The summed E-state index contributed by atoms with van der Waals surface area (Å²) >= 11 is 0. The number of aromatic amines is 1. The van der Waals surface area contributed by atoms with E-state index in [4.69, 9.17) is 0 Å². The van der Waals surface area contributed by atoms with Gasteiger partial charge in [-0.25, -0.2) is 14.3 Å². The Balaban J connectivity index is 2.25. The molecule has 0 fully saturated rings. The number of fused-ring (bicyclic) bond motifs is 1. The number of pyridine rings is 1. The largest absolute Gasteiger partial charge is 0.477 e. The number of nitrogens with zero attached hydrogens (tertiary/aromatic N) is 4. The first kappa shape index (κ1) is 13.3. The first-order chi connectivity index (χ1) is 9.99. The Hall–Kier alpha value is -2.70. The molecule has 0 aliphatic heterocycles. The Morgan fingerprint density at radius 1 is 1.43 bits per heavy atom. The third kappa shape index (κ3) is 2.06. The molecule has 0 aliphatic carbocycles. The fraction of sp³-hybridized carbons (Fsp3) is 0.286. The number of carboxylic acids is 1. The van der Waals surface area contributed by atoms with Crippen molar-refractivity contribution >= 4 is 11.6 Å². The summed E-state index contributed by atoms with van der Waals surface area (Å²) in [6.07, 6.45) is 3.30. The van der Waals surface area contributed by atoms with Crippen molar-refractivity contribution in [2.45, 2.75) is 26.7 Å². The zero-order chi connectivity index (χ0) is 15.1. The Bertz CT molecular complexity index is 831. The van der Waals surface area contributed by atoms with Gasteiger partial charge in [0.1, 0.15) is 12.0 Å². The lowest BCUT2D eigenvalue weighted by molar-refractivity contribution is 0.0689. The Morgan fingerprint density at radius 3 is 2.86 bits per heavy atom.